The number of benzene rings is 1. The zero-order valence-electron chi connectivity index (χ0n) is 17.3. The van der Waals surface area contributed by atoms with E-state index in [1.807, 2.05) is 25.1 Å². The number of hydrogen-bond acceptors (Lipinski definition) is 5. The van der Waals surface area contributed by atoms with Crippen LogP contribution in [-0.2, 0) is 14.6 Å². The van der Waals surface area contributed by atoms with E-state index < -0.39 is 9.84 Å². The van der Waals surface area contributed by atoms with Gasteiger partial charge >= 0.3 is 0 Å². The lowest BCUT2D eigenvalue weighted by Gasteiger charge is -2.20. The molecule has 3 rings (SSSR count). The predicted octanol–water partition coefficient (Wildman–Crippen LogP) is 1.13. The Morgan fingerprint density at radius 1 is 1.17 bits per heavy atom. The molecule has 0 spiro atoms. The van der Waals surface area contributed by atoms with Crippen LogP contribution in [-0.4, -0.2) is 70.1 Å². The van der Waals surface area contributed by atoms with Crippen LogP contribution in [0.1, 0.15) is 26.2 Å². The number of nitrogens with one attached hydrogen (secondary N) is 3. The third-order valence-electron chi connectivity index (χ3n) is 5.20. The van der Waals surface area contributed by atoms with Crippen molar-refractivity contribution in [2.45, 2.75) is 38.3 Å². The average Bonchev–Trinajstić information content (AvgIpc) is 3.28. The summed E-state index contributed by atoms with van der Waals surface area (Å²) in [5.41, 5.74) is 1.23. The van der Waals surface area contributed by atoms with Crippen LogP contribution in [0.5, 0.6) is 0 Å². The minimum absolute atomic E-state index is 0. The standard InChI is InChI=1S/C20H31N5O3S.HI/c1-2-21-20(22-11-8-19(26)23-17-10-13-29(27,28)15-17)24-16-9-12-25(14-16)18-6-4-3-5-7-18;/h3-7,16-17H,2,8-15H2,1H3,(H,23,26)(H2,21,22,24);1H. The first-order valence-electron chi connectivity index (χ1n) is 10.3. The molecule has 30 heavy (non-hydrogen) atoms. The van der Waals surface area contributed by atoms with Gasteiger partial charge in [-0.25, -0.2) is 8.42 Å². The van der Waals surface area contributed by atoms with Crippen molar-refractivity contribution in [2.24, 2.45) is 4.99 Å². The monoisotopic (exact) mass is 549 g/mol. The van der Waals surface area contributed by atoms with Gasteiger partial charge in [-0.05, 0) is 31.9 Å². The molecule has 1 aromatic rings. The zero-order chi connectivity index (χ0) is 20.7. The summed E-state index contributed by atoms with van der Waals surface area (Å²) >= 11 is 0. The summed E-state index contributed by atoms with van der Waals surface area (Å²) in [4.78, 5) is 18.9. The molecule has 0 aromatic heterocycles. The van der Waals surface area contributed by atoms with Gasteiger partial charge in [0.05, 0.1) is 18.1 Å². The lowest BCUT2D eigenvalue weighted by Crippen LogP contribution is -2.44. The van der Waals surface area contributed by atoms with E-state index in [0.717, 1.165) is 26.1 Å². The Kier molecular flexibility index (Phi) is 9.66. The molecule has 2 aliphatic rings. The Balaban J connectivity index is 0.00000320. The first-order chi connectivity index (χ1) is 13.9. The van der Waals surface area contributed by atoms with E-state index in [1.165, 1.54) is 5.69 Å². The molecule has 2 aliphatic heterocycles. The molecule has 2 unspecified atom stereocenters. The fraction of sp³-hybridized carbons (Fsp3) is 0.600. The Bertz CT molecular complexity index is 819. The normalized spacial score (nSPS) is 23.0. The highest BCUT2D eigenvalue weighted by Crippen LogP contribution is 2.19. The fourth-order valence-electron chi connectivity index (χ4n) is 3.74. The number of guanidine groups is 1. The van der Waals surface area contributed by atoms with Gasteiger partial charge in [0.15, 0.2) is 15.8 Å². The molecule has 1 aromatic carbocycles. The van der Waals surface area contributed by atoms with Crippen molar-refractivity contribution in [3.63, 3.8) is 0 Å². The van der Waals surface area contributed by atoms with Crippen LogP contribution >= 0.6 is 24.0 Å². The second-order valence-electron chi connectivity index (χ2n) is 7.59. The maximum absolute atomic E-state index is 12.1. The van der Waals surface area contributed by atoms with Gasteiger partial charge in [0.1, 0.15) is 0 Å². The van der Waals surface area contributed by atoms with E-state index in [9.17, 15) is 13.2 Å². The average molecular weight is 549 g/mol. The van der Waals surface area contributed by atoms with Crippen molar-refractivity contribution in [1.82, 2.24) is 16.0 Å². The molecule has 0 radical (unpaired) electrons. The molecule has 10 heteroatoms. The van der Waals surface area contributed by atoms with Gasteiger partial charge < -0.3 is 20.9 Å². The summed E-state index contributed by atoms with van der Waals surface area (Å²) in [5.74, 6) is 0.768. The molecule has 0 saturated carbocycles. The number of para-hydroxylation sites is 1. The molecule has 0 aliphatic carbocycles. The molecule has 2 fully saturated rings. The fourth-order valence-corrected chi connectivity index (χ4v) is 5.42. The molecule has 1 amide bonds. The van der Waals surface area contributed by atoms with Crippen molar-refractivity contribution in [1.29, 1.82) is 0 Å². The third kappa shape index (κ3) is 7.60. The largest absolute Gasteiger partial charge is 0.369 e. The van der Waals surface area contributed by atoms with Gasteiger partial charge in [-0.3, -0.25) is 9.79 Å². The molecule has 2 atom stereocenters. The highest BCUT2D eigenvalue weighted by molar-refractivity contribution is 14.0. The second kappa shape index (κ2) is 11.7. The van der Waals surface area contributed by atoms with Gasteiger partial charge in [-0.1, -0.05) is 18.2 Å². The number of rotatable bonds is 7. The summed E-state index contributed by atoms with van der Waals surface area (Å²) in [7, 11) is -2.99. The van der Waals surface area contributed by atoms with Crippen LogP contribution in [0.4, 0.5) is 5.69 Å². The van der Waals surface area contributed by atoms with E-state index in [0.29, 0.717) is 25.0 Å². The van der Waals surface area contributed by atoms with Gasteiger partial charge in [-0.15, -0.1) is 24.0 Å². The Morgan fingerprint density at radius 2 is 1.93 bits per heavy atom. The van der Waals surface area contributed by atoms with Gasteiger partial charge in [0.25, 0.3) is 0 Å². The number of sulfone groups is 1. The van der Waals surface area contributed by atoms with Gasteiger partial charge in [-0.2, -0.15) is 0 Å². The molecule has 8 nitrogen and oxygen atoms in total. The molecule has 0 bridgehead atoms. The molecular formula is C20H32IN5O3S. The molecule has 168 valence electrons. The number of halogens is 1. The van der Waals surface area contributed by atoms with Crippen LogP contribution in [0.25, 0.3) is 0 Å². The Morgan fingerprint density at radius 3 is 2.60 bits per heavy atom. The summed E-state index contributed by atoms with van der Waals surface area (Å²) in [6.07, 6.45) is 1.77. The second-order valence-corrected chi connectivity index (χ2v) is 9.82. The quantitative estimate of drug-likeness (QED) is 0.268. The maximum Gasteiger partial charge on any atom is 0.222 e. The smallest absolute Gasteiger partial charge is 0.222 e. The lowest BCUT2D eigenvalue weighted by atomic mass is 10.2. The van der Waals surface area contributed by atoms with Crippen molar-refractivity contribution >= 4 is 51.4 Å². The third-order valence-corrected chi connectivity index (χ3v) is 6.97. The van der Waals surface area contributed by atoms with Crippen LogP contribution in [0, 0.1) is 0 Å². The topological polar surface area (TPSA) is 103 Å². The van der Waals surface area contributed by atoms with E-state index >= 15 is 0 Å². The van der Waals surface area contributed by atoms with Crippen molar-refractivity contribution in [3.8, 4) is 0 Å². The highest BCUT2D eigenvalue weighted by atomic mass is 127. The number of anilines is 1. The molecular weight excluding hydrogens is 517 g/mol. The SMILES string of the molecule is CCNC(=NCCC(=O)NC1CCS(=O)(=O)C1)NC1CCN(c2ccccc2)C1.I. The summed E-state index contributed by atoms with van der Waals surface area (Å²) in [6.45, 7) is 5.01. The van der Waals surface area contributed by atoms with E-state index in [-0.39, 0.29) is 53.9 Å². The van der Waals surface area contributed by atoms with E-state index in [1.54, 1.807) is 0 Å². The first-order valence-corrected chi connectivity index (χ1v) is 12.1. The number of aliphatic imine (C=N–C) groups is 1. The molecule has 3 N–H and O–H groups in total. The van der Waals surface area contributed by atoms with Crippen molar-refractivity contribution < 1.29 is 13.2 Å². The first kappa shape index (κ1) is 24.7. The van der Waals surface area contributed by atoms with E-state index in [2.05, 4.69) is 38.0 Å². The Hall–Kier alpha value is -1.56. The van der Waals surface area contributed by atoms with Crippen LogP contribution in [0.2, 0.25) is 0 Å². The van der Waals surface area contributed by atoms with E-state index in [4.69, 9.17) is 0 Å². The van der Waals surface area contributed by atoms with Crippen LogP contribution in [0.15, 0.2) is 35.3 Å². The number of amides is 1. The number of carbonyl (C=O) groups excluding carboxylic acids is 1. The minimum atomic E-state index is -2.99. The van der Waals surface area contributed by atoms with Crippen LogP contribution in [0.3, 0.4) is 0 Å². The zero-order valence-corrected chi connectivity index (χ0v) is 20.5. The highest BCUT2D eigenvalue weighted by Gasteiger charge is 2.28. The minimum Gasteiger partial charge on any atom is -0.369 e. The number of carbonyl (C=O) groups is 1. The van der Waals surface area contributed by atoms with Crippen molar-refractivity contribution in [3.05, 3.63) is 30.3 Å². The summed E-state index contributed by atoms with van der Waals surface area (Å²) in [6, 6.07) is 10.4. The van der Waals surface area contributed by atoms with Gasteiger partial charge in [0.2, 0.25) is 5.91 Å². The predicted molar refractivity (Wildman–Crippen MR) is 131 cm³/mol. The number of hydrogen-bond donors (Lipinski definition) is 3. The summed E-state index contributed by atoms with van der Waals surface area (Å²) in [5, 5.41) is 9.49. The van der Waals surface area contributed by atoms with Crippen molar-refractivity contribution in [2.75, 3.05) is 42.6 Å². The Labute approximate surface area is 196 Å². The molecule has 2 heterocycles. The lowest BCUT2D eigenvalue weighted by molar-refractivity contribution is -0.121. The van der Waals surface area contributed by atoms with Gasteiger partial charge in [0, 0.05) is 43.8 Å². The van der Waals surface area contributed by atoms with Crippen LogP contribution < -0.4 is 20.9 Å². The maximum atomic E-state index is 12.1. The molecule has 2 saturated heterocycles. The summed E-state index contributed by atoms with van der Waals surface area (Å²) < 4.78 is 23.0. The number of nitrogens with zero attached hydrogens (tertiary/aromatic N) is 2.